The van der Waals surface area contributed by atoms with Crippen LogP contribution in [0.15, 0.2) is 35.3 Å². The molecule has 0 bridgehead atoms. The predicted molar refractivity (Wildman–Crippen MR) is 85.3 cm³/mol. The van der Waals surface area contributed by atoms with Gasteiger partial charge in [-0.05, 0) is 45.4 Å². The first kappa shape index (κ1) is 15.3. The van der Waals surface area contributed by atoms with Crippen LogP contribution in [0.4, 0.5) is 0 Å². The lowest BCUT2D eigenvalue weighted by atomic mass is 9.96. The summed E-state index contributed by atoms with van der Waals surface area (Å²) in [6, 6.07) is 7.57. The van der Waals surface area contributed by atoms with Gasteiger partial charge in [0.2, 0.25) is 0 Å². The Kier molecular flexibility index (Phi) is 3.92. The van der Waals surface area contributed by atoms with Crippen LogP contribution in [-0.4, -0.2) is 11.7 Å². The van der Waals surface area contributed by atoms with Gasteiger partial charge in [-0.1, -0.05) is 6.07 Å². The predicted octanol–water partition coefficient (Wildman–Crippen LogP) is 2.66. The van der Waals surface area contributed by atoms with Gasteiger partial charge in [0.05, 0.1) is 12.8 Å². The number of aromatic nitrogens is 1. The summed E-state index contributed by atoms with van der Waals surface area (Å²) in [7, 11) is 1.64. The molecule has 0 radical (unpaired) electrons. The number of nitrogens with zero attached hydrogens (tertiary/aromatic N) is 1. The number of pyridine rings is 1. The molecule has 0 aliphatic carbocycles. The van der Waals surface area contributed by atoms with Crippen molar-refractivity contribution in [2.45, 2.75) is 33.2 Å². The Hall–Kier alpha value is -2.07. The van der Waals surface area contributed by atoms with Crippen molar-refractivity contribution < 1.29 is 4.74 Å². The van der Waals surface area contributed by atoms with Crippen molar-refractivity contribution >= 4 is 0 Å². The average Bonchev–Trinajstić information content (AvgIpc) is 2.37. The van der Waals surface area contributed by atoms with Gasteiger partial charge < -0.3 is 15.0 Å². The molecule has 0 unspecified atom stereocenters. The third-order valence-corrected chi connectivity index (χ3v) is 3.53. The van der Waals surface area contributed by atoms with Crippen molar-refractivity contribution in [3.63, 3.8) is 0 Å². The number of aryl methyl sites for hydroxylation is 2. The van der Waals surface area contributed by atoms with Crippen LogP contribution < -0.4 is 15.9 Å². The van der Waals surface area contributed by atoms with Gasteiger partial charge in [0, 0.05) is 29.1 Å². The average molecular weight is 286 g/mol. The van der Waals surface area contributed by atoms with Crippen LogP contribution in [0.3, 0.4) is 0 Å². The summed E-state index contributed by atoms with van der Waals surface area (Å²) >= 11 is 0. The molecule has 0 atom stereocenters. The third kappa shape index (κ3) is 3.00. The summed E-state index contributed by atoms with van der Waals surface area (Å²) in [6.07, 6.45) is 1.81. The van der Waals surface area contributed by atoms with Gasteiger partial charge in [0.1, 0.15) is 5.75 Å². The molecule has 0 aliphatic rings. The highest BCUT2D eigenvalue weighted by molar-refractivity contribution is 5.50. The normalized spacial score (nSPS) is 11.5. The van der Waals surface area contributed by atoms with E-state index in [1.807, 2.05) is 56.7 Å². The molecular weight excluding hydrogens is 264 g/mol. The fourth-order valence-electron chi connectivity index (χ4n) is 2.36. The highest BCUT2D eigenvalue weighted by Gasteiger charge is 2.20. The van der Waals surface area contributed by atoms with Crippen molar-refractivity contribution in [3.8, 4) is 11.4 Å². The van der Waals surface area contributed by atoms with E-state index < -0.39 is 5.54 Å². The number of hydrogen-bond acceptors (Lipinski definition) is 3. The van der Waals surface area contributed by atoms with E-state index in [2.05, 4.69) is 0 Å². The minimum absolute atomic E-state index is 0.0390. The van der Waals surface area contributed by atoms with Crippen LogP contribution in [0, 0.1) is 13.8 Å². The van der Waals surface area contributed by atoms with Crippen LogP contribution in [0.25, 0.3) is 5.69 Å². The van der Waals surface area contributed by atoms with E-state index in [-0.39, 0.29) is 5.43 Å². The maximum atomic E-state index is 12.2. The molecule has 1 aromatic carbocycles. The van der Waals surface area contributed by atoms with Gasteiger partial charge in [0.15, 0.2) is 5.43 Å². The molecule has 0 saturated heterocycles. The topological polar surface area (TPSA) is 57.2 Å². The van der Waals surface area contributed by atoms with Crippen molar-refractivity contribution in [3.05, 3.63) is 57.5 Å². The van der Waals surface area contributed by atoms with Crippen molar-refractivity contribution in [1.82, 2.24) is 4.57 Å². The maximum Gasteiger partial charge on any atom is 0.186 e. The molecule has 21 heavy (non-hydrogen) atoms. The largest absolute Gasteiger partial charge is 0.495 e. The second kappa shape index (κ2) is 5.37. The van der Waals surface area contributed by atoms with Crippen molar-refractivity contribution in [1.29, 1.82) is 0 Å². The second-order valence-electron chi connectivity index (χ2n) is 5.96. The standard InChI is InChI=1S/C17H22N2O2/c1-11-6-7-16(21-5)14(8-11)19-10-13(17(3,4)18)15(20)9-12(19)2/h6-10H,18H2,1-5H3. The third-order valence-electron chi connectivity index (χ3n) is 3.53. The zero-order valence-electron chi connectivity index (χ0n) is 13.2. The van der Waals surface area contributed by atoms with Gasteiger partial charge in [-0.15, -0.1) is 0 Å². The molecule has 0 amide bonds. The van der Waals surface area contributed by atoms with Crippen LogP contribution in [0.1, 0.15) is 30.7 Å². The second-order valence-corrected chi connectivity index (χ2v) is 5.96. The molecule has 2 rings (SSSR count). The first-order valence-corrected chi connectivity index (χ1v) is 6.91. The Morgan fingerprint density at radius 1 is 1.19 bits per heavy atom. The summed E-state index contributed by atoms with van der Waals surface area (Å²) in [5.41, 5.74) is 8.83. The molecule has 0 saturated carbocycles. The molecule has 2 N–H and O–H groups in total. The van der Waals surface area contributed by atoms with E-state index in [1.165, 1.54) is 0 Å². The highest BCUT2D eigenvalue weighted by Crippen LogP contribution is 2.26. The molecule has 1 heterocycles. The van der Waals surface area contributed by atoms with Gasteiger partial charge >= 0.3 is 0 Å². The van der Waals surface area contributed by atoms with Crippen LogP contribution in [0.2, 0.25) is 0 Å². The zero-order chi connectivity index (χ0) is 15.8. The molecule has 1 aromatic heterocycles. The minimum atomic E-state index is -0.691. The lowest BCUT2D eigenvalue weighted by molar-refractivity contribution is 0.412. The monoisotopic (exact) mass is 286 g/mol. The number of nitrogens with two attached hydrogens (primary N) is 1. The first-order chi connectivity index (χ1) is 9.74. The summed E-state index contributed by atoms with van der Waals surface area (Å²) in [4.78, 5) is 12.2. The highest BCUT2D eigenvalue weighted by atomic mass is 16.5. The van der Waals surface area contributed by atoms with E-state index in [0.717, 1.165) is 22.7 Å². The van der Waals surface area contributed by atoms with Crippen LogP contribution in [0.5, 0.6) is 5.75 Å². The molecule has 0 spiro atoms. The summed E-state index contributed by atoms with van der Waals surface area (Å²) in [6.45, 7) is 7.58. The van der Waals surface area contributed by atoms with Gasteiger partial charge in [-0.3, -0.25) is 4.79 Å². The lowest BCUT2D eigenvalue weighted by Gasteiger charge is -2.22. The SMILES string of the molecule is COc1ccc(C)cc1-n1cc(C(C)(C)N)c(=O)cc1C. The number of benzene rings is 1. The number of rotatable bonds is 3. The van der Waals surface area contributed by atoms with Crippen molar-refractivity contribution in [2.75, 3.05) is 7.11 Å². The lowest BCUT2D eigenvalue weighted by Crippen LogP contribution is -2.35. The van der Waals surface area contributed by atoms with E-state index >= 15 is 0 Å². The summed E-state index contributed by atoms with van der Waals surface area (Å²) < 4.78 is 7.39. The molecule has 4 nitrogen and oxygen atoms in total. The van der Waals surface area contributed by atoms with E-state index in [1.54, 1.807) is 13.2 Å². The van der Waals surface area contributed by atoms with Crippen LogP contribution >= 0.6 is 0 Å². The molecule has 4 heteroatoms. The minimum Gasteiger partial charge on any atom is -0.495 e. The Bertz CT molecular complexity index is 725. The zero-order valence-corrected chi connectivity index (χ0v) is 13.2. The Morgan fingerprint density at radius 3 is 2.43 bits per heavy atom. The molecule has 0 fully saturated rings. The quantitative estimate of drug-likeness (QED) is 0.943. The first-order valence-electron chi connectivity index (χ1n) is 6.91. The molecular formula is C17H22N2O2. The van der Waals surface area contributed by atoms with Gasteiger partial charge in [-0.2, -0.15) is 0 Å². The number of ether oxygens (including phenoxy) is 1. The Labute approximate surface area is 125 Å². The van der Waals surface area contributed by atoms with Crippen molar-refractivity contribution in [2.24, 2.45) is 5.73 Å². The van der Waals surface area contributed by atoms with Crippen LogP contribution in [-0.2, 0) is 5.54 Å². The van der Waals surface area contributed by atoms with Gasteiger partial charge in [-0.25, -0.2) is 0 Å². The summed E-state index contributed by atoms with van der Waals surface area (Å²) in [5.74, 6) is 0.758. The molecule has 0 aliphatic heterocycles. The Balaban J connectivity index is 2.76. The Morgan fingerprint density at radius 2 is 1.86 bits per heavy atom. The number of hydrogen-bond donors (Lipinski definition) is 1. The van der Waals surface area contributed by atoms with E-state index in [0.29, 0.717) is 5.56 Å². The fraction of sp³-hybridized carbons (Fsp3) is 0.353. The summed E-state index contributed by atoms with van der Waals surface area (Å²) in [5, 5.41) is 0. The number of methoxy groups -OCH3 is 1. The fourth-order valence-corrected chi connectivity index (χ4v) is 2.36. The van der Waals surface area contributed by atoms with Gasteiger partial charge in [0.25, 0.3) is 0 Å². The van der Waals surface area contributed by atoms with E-state index in [4.69, 9.17) is 10.5 Å². The molecule has 2 aromatic rings. The smallest absolute Gasteiger partial charge is 0.186 e. The maximum absolute atomic E-state index is 12.2. The van der Waals surface area contributed by atoms with E-state index in [9.17, 15) is 4.79 Å². The molecule has 112 valence electrons.